The van der Waals surface area contributed by atoms with E-state index < -0.39 is 23.2 Å². The zero-order valence-corrected chi connectivity index (χ0v) is 19.8. The lowest BCUT2D eigenvalue weighted by molar-refractivity contribution is 0.131. The lowest BCUT2D eigenvalue weighted by Gasteiger charge is -2.26. The fraction of sp³-hybridized carbons (Fsp3) is 0.357. The minimum absolute atomic E-state index is 0.0541. The van der Waals surface area contributed by atoms with Gasteiger partial charge in [-0.3, -0.25) is 0 Å². The van der Waals surface area contributed by atoms with Crippen LogP contribution >= 0.6 is 0 Å². The molecular weight excluding hydrogens is 425 g/mol. The molecule has 1 aliphatic carbocycles. The number of allylic oxidation sites excluding steroid dienone is 10. The van der Waals surface area contributed by atoms with Crippen molar-refractivity contribution in [3.05, 3.63) is 109 Å². The molecule has 0 unspecified atom stereocenters. The van der Waals surface area contributed by atoms with Gasteiger partial charge in [0.2, 0.25) is 5.83 Å². The molecule has 0 aromatic heterocycles. The zero-order valence-electron chi connectivity index (χ0n) is 19.8. The Bertz CT molecular complexity index is 894. The summed E-state index contributed by atoms with van der Waals surface area (Å²) >= 11 is 0. The van der Waals surface area contributed by atoms with Crippen molar-refractivity contribution >= 4 is 0 Å². The molecule has 1 fully saturated rings. The molecule has 0 spiro atoms. The molecule has 0 saturated heterocycles. The van der Waals surface area contributed by atoms with Gasteiger partial charge in [0.05, 0.1) is 13.2 Å². The SMILES string of the molecule is C=C(/C=C\C(=C)C(=C)/C(F)=C(/F)C(=C)OCC)C(=C)/C=C(/F)C(=C)OCC1CCC(C)CC1. The molecule has 33 heavy (non-hydrogen) atoms. The zero-order chi connectivity index (χ0) is 25.1. The Labute approximate surface area is 196 Å². The standard InChI is InChI=1S/C28H35F3O2/c1-9-32-24(8)28(31)27(30)22(6)20(4)13-12-19(3)21(5)16-26(29)23(7)33-17-25-14-10-18(2)11-15-25/h12-13,16,18,25H,3-11,14-15,17H2,1-2H3/b13-12-,26-16+,28-27-. The molecule has 2 nitrogen and oxygen atoms in total. The van der Waals surface area contributed by atoms with Gasteiger partial charge in [-0.15, -0.1) is 0 Å². The van der Waals surface area contributed by atoms with Gasteiger partial charge in [0.15, 0.2) is 17.4 Å². The van der Waals surface area contributed by atoms with Crippen LogP contribution in [0.5, 0.6) is 0 Å². The average molecular weight is 461 g/mol. The second-order valence-electron chi connectivity index (χ2n) is 8.22. The first kappa shape index (κ1) is 28.1. The third-order valence-corrected chi connectivity index (χ3v) is 5.50. The van der Waals surface area contributed by atoms with Crippen molar-refractivity contribution in [2.75, 3.05) is 13.2 Å². The highest BCUT2D eigenvalue weighted by Gasteiger charge is 2.19. The Hall–Kier alpha value is -2.95. The Morgan fingerprint density at radius 2 is 1.36 bits per heavy atom. The summed E-state index contributed by atoms with van der Waals surface area (Å²) in [5, 5.41) is 0. The summed E-state index contributed by atoms with van der Waals surface area (Å²) < 4.78 is 53.0. The van der Waals surface area contributed by atoms with Crippen molar-refractivity contribution < 1.29 is 22.6 Å². The largest absolute Gasteiger partial charge is 0.491 e. The van der Waals surface area contributed by atoms with Gasteiger partial charge in [0.1, 0.15) is 5.76 Å². The van der Waals surface area contributed by atoms with Crippen molar-refractivity contribution in [3.8, 4) is 0 Å². The van der Waals surface area contributed by atoms with E-state index in [2.05, 4.69) is 46.4 Å². The first-order valence-electron chi connectivity index (χ1n) is 11.0. The van der Waals surface area contributed by atoms with E-state index >= 15 is 0 Å². The molecule has 0 radical (unpaired) electrons. The Morgan fingerprint density at radius 1 is 0.788 bits per heavy atom. The average Bonchev–Trinajstić information content (AvgIpc) is 2.80. The van der Waals surface area contributed by atoms with E-state index in [1.54, 1.807) is 6.92 Å². The highest BCUT2D eigenvalue weighted by molar-refractivity contribution is 5.52. The van der Waals surface area contributed by atoms with Crippen molar-refractivity contribution in [2.24, 2.45) is 11.8 Å². The first-order valence-corrected chi connectivity index (χ1v) is 11.0. The molecule has 1 aliphatic rings. The Morgan fingerprint density at radius 3 is 1.94 bits per heavy atom. The van der Waals surface area contributed by atoms with Crippen LogP contribution in [0.4, 0.5) is 13.2 Å². The Balaban J connectivity index is 2.65. The number of ether oxygens (including phenoxy) is 2. The van der Waals surface area contributed by atoms with Gasteiger partial charge in [-0.1, -0.05) is 71.4 Å². The first-order chi connectivity index (χ1) is 15.5. The third-order valence-electron chi connectivity index (χ3n) is 5.50. The third kappa shape index (κ3) is 9.21. The molecule has 180 valence electrons. The summed E-state index contributed by atoms with van der Waals surface area (Å²) in [6, 6.07) is 0. The van der Waals surface area contributed by atoms with Crippen LogP contribution in [0, 0.1) is 11.8 Å². The molecule has 0 aromatic rings. The van der Waals surface area contributed by atoms with Crippen LogP contribution in [0.25, 0.3) is 0 Å². The maximum Gasteiger partial charge on any atom is 0.200 e. The second kappa shape index (κ2) is 13.6. The smallest absolute Gasteiger partial charge is 0.200 e. The van der Waals surface area contributed by atoms with Crippen LogP contribution in [0.15, 0.2) is 109 Å². The van der Waals surface area contributed by atoms with E-state index in [1.165, 1.54) is 18.2 Å². The van der Waals surface area contributed by atoms with E-state index in [0.717, 1.165) is 31.6 Å². The van der Waals surface area contributed by atoms with Crippen LogP contribution in [0.3, 0.4) is 0 Å². The highest BCUT2D eigenvalue weighted by atomic mass is 19.2. The van der Waals surface area contributed by atoms with E-state index in [-0.39, 0.29) is 29.1 Å². The van der Waals surface area contributed by atoms with E-state index in [1.807, 2.05) is 0 Å². The van der Waals surface area contributed by atoms with Crippen molar-refractivity contribution in [2.45, 2.75) is 39.5 Å². The lowest BCUT2D eigenvalue weighted by atomic mass is 9.83. The second-order valence-corrected chi connectivity index (χ2v) is 8.22. The van der Waals surface area contributed by atoms with Gasteiger partial charge in [-0.2, -0.15) is 4.39 Å². The molecule has 0 aromatic carbocycles. The predicted octanol–water partition coefficient (Wildman–Crippen LogP) is 8.68. The molecule has 1 saturated carbocycles. The van der Waals surface area contributed by atoms with Gasteiger partial charge >= 0.3 is 0 Å². The van der Waals surface area contributed by atoms with Crippen LogP contribution in [-0.2, 0) is 9.47 Å². The van der Waals surface area contributed by atoms with Gasteiger partial charge in [-0.25, -0.2) is 8.78 Å². The molecule has 1 rings (SSSR count). The topological polar surface area (TPSA) is 18.5 Å². The monoisotopic (exact) mass is 460 g/mol. The molecule has 0 bridgehead atoms. The molecule has 0 aliphatic heterocycles. The van der Waals surface area contributed by atoms with Gasteiger partial charge < -0.3 is 9.47 Å². The van der Waals surface area contributed by atoms with Crippen molar-refractivity contribution in [3.63, 3.8) is 0 Å². The summed E-state index contributed by atoms with van der Waals surface area (Å²) in [5.74, 6) is -2.44. The summed E-state index contributed by atoms with van der Waals surface area (Å²) in [6.07, 6.45) is 8.47. The molecule has 0 amide bonds. The fourth-order valence-corrected chi connectivity index (χ4v) is 3.15. The maximum atomic E-state index is 14.4. The Kier molecular flexibility index (Phi) is 11.5. The number of hydrogen-bond donors (Lipinski definition) is 0. The van der Waals surface area contributed by atoms with E-state index in [9.17, 15) is 13.2 Å². The number of halogens is 3. The van der Waals surface area contributed by atoms with Gasteiger partial charge in [0.25, 0.3) is 0 Å². The lowest BCUT2D eigenvalue weighted by Crippen LogP contribution is -2.17. The summed E-state index contributed by atoms with van der Waals surface area (Å²) in [7, 11) is 0. The van der Waals surface area contributed by atoms with E-state index in [0.29, 0.717) is 18.1 Å². The van der Waals surface area contributed by atoms with Crippen LogP contribution in [-0.4, -0.2) is 13.2 Å². The normalized spacial score (nSPS) is 19.5. The number of hydrogen-bond acceptors (Lipinski definition) is 2. The predicted molar refractivity (Wildman–Crippen MR) is 131 cm³/mol. The quantitative estimate of drug-likeness (QED) is 0.202. The van der Waals surface area contributed by atoms with Crippen molar-refractivity contribution in [1.29, 1.82) is 0 Å². The summed E-state index contributed by atoms with van der Waals surface area (Å²) in [6.45, 7) is 26.2. The molecule has 0 heterocycles. The molecule has 0 atom stereocenters. The fourth-order valence-electron chi connectivity index (χ4n) is 3.15. The van der Waals surface area contributed by atoms with Crippen molar-refractivity contribution in [1.82, 2.24) is 0 Å². The minimum Gasteiger partial charge on any atom is -0.491 e. The highest BCUT2D eigenvalue weighted by Crippen LogP contribution is 2.30. The molecular formula is C28H35F3O2. The maximum absolute atomic E-state index is 14.4. The van der Waals surface area contributed by atoms with Crippen LogP contribution in [0.1, 0.15) is 39.5 Å². The van der Waals surface area contributed by atoms with Crippen LogP contribution in [0.2, 0.25) is 0 Å². The number of rotatable bonds is 13. The van der Waals surface area contributed by atoms with Gasteiger partial charge in [-0.05, 0) is 54.4 Å². The summed E-state index contributed by atoms with van der Waals surface area (Å²) in [4.78, 5) is 0. The van der Waals surface area contributed by atoms with E-state index in [4.69, 9.17) is 9.47 Å². The minimum atomic E-state index is -1.24. The molecule has 0 N–H and O–H groups in total. The summed E-state index contributed by atoms with van der Waals surface area (Å²) in [5.41, 5.74) is 0.436. The van der Waals surface area contributed by atoms with Crippen LogP contribution < -0.4 is 0 Å². The van der Waals surface area contributed by atoms with Gasteiger partial charge in [0, 0.05) is 5.57 Å². The molecule has 5 heteroatoms.